The standard InChI is InChI=1S/C17H17BrN2O/c1-20(11-12-6-8-14(18)9-7-12)17(21)16-10-13-4-2-3-5-15(13)19-16/h2-9,16,19H,10-11H2,1H3/t16-/m0/s1. The van der Waals surface area contributed by atoms with Crippen LogP contribution >= 0.6 is 15.9 Å². The van der Waals surface area contributed by atoms with E-state index in [0.717, 1.165) is 22.1 Å². The second-order valence-corrected chi connectivity index (χ2v) is 6.29. The van der Waals surface area contributed by atoms with Gasteiger partial charge in [0.25, 0.3) is 0 Å². The Morgan fingerprint density at radius 2 is 1.95 bits per heavy atom. The molecule has 1 amide bonds. The number of hydrogen-bond acceptors (Lipinski definition) is 2. The van der Waals surface area contributed by atoms with E-state index in [1.54, 1.807) is 4.90 Å². The highest BCUT2D eigenvalue weighted by Crippen LogP contribution is 2.26. The van der Waals surface area contributed by atoms with Crippen LogP contribution in [-0.2, 0) is 17.8 Å². The van der Waals surface area contributed by atoms with Crippen LogP contribution in [0, 0.1) is 0 Å². The highest BCUT2D eigenvalue weighted by molar-refractivity contribution is 9.10. The minimum absolute atomic E-state index is 0.133. The van der Waals surface area contributed by atoms with Gasteiger partial charge >= 0.3 is 0 Å². The van der Waals surface area contributed by atoms with Crippen molar-refractivity contribution in [3.8, 4) is 0 Å². The highest BCUT2D eigenvalue weighted by Gasteiger charge is 2.28. The average molecular weight is 345 g/mol. The average Bonchev–Trinajstić information content (AvgIpc) is 2.92. The summed E-state index contributed by atoms with van der Waals surface area (Å²) >= 11 is 3.42. The topological polar surface area (TPSA) is 32.3 Å². The third-order valence-corrected chi connectivity index (χ3v) is 4.31. The molecule has 4 heteroatoms. The molecule has 0 fully saturated rings. The lowest BCUT2D eigenvalue weighted by Crippen LogP contribution is -2.39. The summed E-state index contributed by atoms with van der Waals surface area (Å²) in [6, 6.07) is 16.0. The maximum Gasteiger partial charge on any atom is 0.245 e. The number of anilines is 1. The minimum Gasteiger partial charge on any atom is -0.373 e. The summed E-state index contributed by atoms with van der Waals surface area (Å²) in [5, 5.41) is 3.31. The number of carbonyl (C=O) groups is 1. The maximum atomic E-state index is 12.5. The summed E-state index contributed by atoms with van der Waals surface area (Å²) in [7, 11) is 1.86. The lowest BCUT2D eigenvalue weighted by molar-refractivity contribution is -0.131. The number of rotatable bonds is 3. The van der Waals surface area contributed by atoms with Gasteiger partial charge in [0, 0.05) is 30.2 Å². The SMILES string of the molecule is CN(Cc1ccc(Br)cc1)C(=O)[C@@H]1Cc2ccccc2N1. The zero-order valence-corrected chi connectivity index (χ0v) is 13.4. The molecule has 0 unspecified atom stereocenters. The number of carbonyl (C=O) groups excluding carboxylic acids is 1. The van der Waals surface area contributed by atoms with E-state index in [1.807, 2.05) is 49.5 Å². The van der Waals surface area contributed by atoms with Crippen molar-refractivity contribution in [2.24, 2.45) is 0 Å². The number of nitrogens with one attached hydrogen (secondary N) is 1. The van der Waals surface area contributed by atoms with Crippen LogP contribution in [0.15, 0.2) is 53.0 Å². The van der Waals surface area contributed by atoms with Crippen LogP contribution in [0.4, 0.5) is 5.69 Å². The molecule has 3 nitrogen and oxygen atoms in total. The van der Waals surface area contributed by atoms with Gasteiger partial charge in [-0.15, -0.1) is 0 Å². The largest absolute Gasteiger partial charge is 0.373 e. The van der Waals surface area contributed by atoms with Gasteiger partial charge in [-0.1, -0.05) is 46.3 Å². The zero-order chi connectivity index (χ0) is 14.8. The fourth-order valence-electron chi connectivity index (χ4n) is 2.65. The molecule has 0 saturated carbocycles. The van der Waals surface area contributed by atoms with Gasteiger partial charge in [-0.25, -0.2) is 0 Å². The van der Waals surface area contributed by atoms with Crippen LogP contribution in [-0.4, -0.2) is 23.9 Å². The van der Waals surface area contributed by atoms with Crippen molar-refractivity contribution >= 4 is 27.5 Å². The van der Waals surface area contributed by atoms with Crippen molar-refractivity contribution in [2.45, 2.75) is 19.0 Å². The van der Waals surface area contributed by atoms with Crippen LogP contribution in [0.1, 0.15) is 11.1 Å². The van der Waals surface area contributed by atoms with Gasteiger partial charge in [-0.2, -0.15) is 0 Å². The molecule has 108 valence electrons. The minimum atomic E-state index is -0.150. The van der Waals surface area contributed by atoms with Crippen molar-refractivity contribution in [3.63, 3.8) is 0 Å². The van der Waals surface area contributed by atoms with E-state index in [4.69, 9.17) is 0 Å². The predicted molar refractivity (Wildman–Crippen MR) is 88.2 cm³/mol. The van der Waals surface area contributed by atoms with Gasteiger partial charge in [0.2, 0.25) is 5.91 Å². The molecule has 0 radical (unpaired) electrons. The molecule has 0 bridgehead atoms. The molecule has 0 aliphatic carbocycles. The summed E-state index contributed by atoms with van der Waals surface area (Å²) in [5.41, 5.74) is 3.42. The molecule has 0 saturated heterocycles. The third-order valence-electron chi connectivity index (χ3n) is 3.78. The molecule has 2 aromatic rings. The number of fused-ring (bicyclic) bond motifs is 1. The summed E-state index contributed by atoms with van der Waals surface area (Å²) in [4.78, 5) is 14.3. The first-order chi connectivity index (χ1) is 10.1. The number of amides is 1. The highest BCUT2D eigenvalue weighted by atomic mass is 79.9. The lowest BCUT2D eigenvalue weighted by Gasteiger charge is -2.21. The number of hydrogen-bond donors (Lipinski definition) is 1. The molecule has 1 heterocycles. The molecule has 2 aromatic carbocycles. The van der Waals surface area contributed by atoms with Gasteiger partial charge in [0.1, 0.15) is 6.04 Å². The Hall–Kier alpha value is -1.81. The van der Waals surface area contributed by atoms with E-state index >= 15 is 0 Å². The Morgan fingerprint density at radius 3 is 2.67 bits per heavy atom. The summed E-state index contributed by atoms with van der Waals surface area (Å²) in [6.45, 7) is 0.626. The molecule has 1 N–H and O–H groups in total. The first kappa shape index (κ1) is 14.1. The number of likely N-dealkylation sites (N-methyl/N-ethyl adjacent to an activating group) is 1. The number of benzene rings is 2. The van der Waals surface area contributed by atoms with E-state index in [9.17, 15) is 4.79 Å². The molecular formula is C17H17BrN2O. The van der Waals surface area contributed by atoms with E-state index in [1.165, 1.54) is 5.56 Å². The van der Waals surface area contributed by atoms with Crippen LogP contribution in [0.5, 0.6) is 0 Å². The fourth-order valence-corrected chi connectivity index (χ4v) is 2.92. The predicted octanol–water partition coefficient (Wildman–Crippen LogP) is 3.44. The Bertz CT molecular complexity index is 629. The number of para-hydroxylation sites is 1. The van der Waals surface area contributed by atoms with Crippen molar-refractivity contribution < 1.29 is 4.79 Å². The zero-order valence-electron chi connectivity index (χ0n) is 11.8. The molecule has 21 heavy (non-hydrogen) atoms. The van der Waals surface area contributed by atoms with Crippen LogP contribution in [0.2, 0.25) is 0 Å². The van der Waals surface area contributed by atoms with Gasteiger partial charge in [0.15, 0.2) is 0 Å². The number of halogens is 1. The molecule has 1 aliphatic heterocycles. The maximum absolute atomic E-state index is 12.5. The summed E-state index contributed by atoms with van der Waals surface area (Å²) in [6.07, 6.45) is 0.764. The van der Waals surface area contributed by atoms with E-state index in [0.29, 0.717) is 6.54 Å². The van der Waals surface area contributed by atoms with Crippen molar-refractivity contribution in [1.82, 2.24) is 4.90 Å². The first-order valence-corrected chi connectivity index (χ1v) is 7.76. The lowest BCUT2D eigenvalue weighted by atomic mass is 10.1. The summed E-state index contributed by atoms with van der Waals surface area (Å²) in [5.74, 6) is 0.133. The molecule has 0 aromatic heterocycles. The monoisotopic (exact) mass is 344 g/mol. The van der Waals surface area contributed by atoms with Gasteiger partial charge < -0.3 is 10.2 Å². The second-order valence-electron chi connectivity index (χ2n) is 5.38. The van der Waals surface area contributed by atoms with Crippen molar-refractivity contribution in [3.05, 3.63) is 64.1 Å². The third kappa shape index (κ3) is 3.10. The van der Waals surface area contributed by atoms with Gasteiger partial charge in [0.05, 0.1) is 0 Å². The first-order valence-electron chi connectivity index (χ1n) is 6.97. The quantitative estimate of drug-likeness (QED) is 0.924. The second kappa shape index (κ2) is 5.90. The van der Waals surface area contributed by atoms with Gasteiger partial charge in [-0.3, -0.25) is 4.79 Å². The Morgan fingerprint density at radius 1 is 1.24 bits per heavy atom. The number of nitrogens with zero attached hydrogens (tertiary/aromatic N) is 1. The van der Waals surface area contributed by atoms with Crippen molar-refractivity contribution in [2.75, 3.05) is 12.4 Å². The molecule has 1 atom stereocenters. The van der Waals surface area contributed by atoms with E-state index in [-0.39, 0.29) is 11.9 Å². The molecule has 1 aliphatic rings. The molecular weight excluding hydrogens is 328 g/mol. The van der Waals surface area contributed by atoms with E-state index in [2.05, 4.69) is 27.3 Å². The van der Waals surface area contributed by atoms with Crippen molar-refractivity contribution in [1.29, 1.82) is 0 Å². The van der Waals surface area contributed by atoms with Crippen LogP contribution in [0.25, 0.3) is 0 Å². The van der Waals surface area contributed by atoms with Crippen LogP contribution in [0.3, 0.4) is 0 Å². The molecule has 0 spiro atoms. The smallest absolute Gasteiger partial charge is 0.245 e. The fraction of sp³-hybridized carbons (Fsp3) is 0.235. The summed E-state index contributed by atoms with van der Waals surface area (Å²) < 4.78 is 1.05. The normalized spacial score (nSPS) is 16.2. The van der Waals surface area contributed by atoms with Gasteiger partial charge in [-0.05, 0) is 29.3 Å². The van der Waals surface area contributed by atoms with Crippen LogP contribution < -0.4 is 5.32 Å². The van der Waals surface area contributed by atoms with E-state index < -0.39 is 0 Å². The Labute approximate surface area is 133 Å². The Balaban J connectivity index is 1.65. The molecule has 3 rings (SSSR count). The Kier molecular flexibility index (Phi) is 3.97.